The van der Waals surface area contributed by atoms with E-state index in [1.807, 2.05) is 0 Å². The minimum absolute atomic E-state index is 0.154. The Hall–Kier alpha value is -1.69. The summed E-state index contributed by atoms with van der Waals surface area (Å²) in [6.07, 6.45) is 6.28. The van der Waals surface area contributed by atoms with Crippen LogP contribution in [0.25, 0.3) is 0 Å². The summed E-state index contributed by atoms with van der Waals surface area (Å²) in [7, 11) is 0. The van der Waals surface area contributed by atoms with Crippen LogP contribution in [0.1, 0.15) is 19.3 Å². The van der Waals surface area contributed by atoms with Crippen molar-refractivity contribution in [2.24, 2.45) is 11.1 Å². The van der Waals surface area contributed by atoms with Crippen LogP contribution in [-0.4, -0.2) is 46.0 Å². The first kappa shape index (κ1) is 11.2. The summed E-state index contributed by atoms with van der Waals surface area (Å²) >= 11 is 0. The monoisotopic (exact) mass is 260 g/mol. The molecule has 6 nitrogen and oxygen atoms in total. The van der Waals surface area contributed by atoms with Crippen molar-refractivity contribution in [3.63, 3.8) is 0 Å². The van der Waals surface area contributed by atoms with Crippen molar-refractivity contribution in [1.82, 2.24) is 14.9 Å². The van der Waals surface area contributed by atoms with E-state index < -0.39 is 0 Å². The molecular formula is C13H16N4O2. The fourth-order valence-corrected chi connectivity index (χ4v) is 3.41. The Balaban J connectivity index is 1.48. The Bertz CT molecular complexity index is 499. The minimum Gasteiger partial charge on any atom is -0.421 e. The van der Waals surface area contributed by atoms with Gasteiger partial charge in [0.25, 0.3) is 0 Å². The highest BCUT2D eigenvalue weighted by molar-refractivity contribution is 5.80. The van der Waals surface area contributed by atoms with Gasteiger partial charge in [0.2, 0.25) is 11.8 Å². The molecule has 4 aliphatic rings. The lowest BCUT2D eigenvalue weighted by Crippen LogP contribution is -2.59. The summed E-state index contributed by atoms with van der Waals surface area (Å²) in [5.41, 5.74) is -0.154. The fourth-order valence-electron chi connectivity index (χ4n) is 3.41. The zero-order valence-corrected chi connectivity index (χ0v) is 10.7. The molecule has 3 saturated heterocycles. The number of oxime groups is 1. The van der Waals surface area contributed by atoms with Gasteiger partial charge in [0.15, 0.2) is 5.60 Å². The van der Waals surface area contributed by atoms with Crippen LogP contribution >= 0.6 is 0 Å². The van der Waals surface area contributed by atoms with Crippen molar-refractivity contribution in [3.8, 4) is 5.88 Å². The Labute approximate surface area is 111 Å². The lowest BCUT2D eigenvalue weighted by Gasteiger charge is -2.49. The maximum absolute atomic E-state index is 5.78. The van der Waals surface area contributed by atoms with Crippen molar-refractivity contribution < 1.29 is 9.57 Å². The van der Waals surface area contributed by atoms with Gasteiger partial charge in [-0.25, -0.2) is 9.97 Å². The van der Waals surface area contributed by atoms with E-state index in [9.17, 15) is 0 Å². The van der Waals surface area contributed by atoms with E-state index in [1.165, 1.54) is 32.3 Å². The smallest absolute Gasteiger partial charge is 0.237 e. The predicted molar refractivity (Wildman–Crippen MR) is 67.7 cm³/mol. The molecule has 0 aromatic carbocycles. The maximum atomic E-state index is 5.78. The van der Waals surface area contributed by atoms with Crippen LogP contribution in [0.2, 0.25) is 0 Å². The van der Waals surface area contributed by atoms with Crippen LogP contribution < -0.4 is 4.74 Å². The zero-order valence-electron chi connectivity index (χ0n) is 10.7. The Kier molecular flexibility index (Phi) is 2.44. The molecule has 0 aliphatic carbocycles. The van der Waals surface area contributed by atoms with Crippen molar-refractivity contribution in [1.29, 1.82) is 0 Å². The number of nitrogens with zero attached hydrogens (tertiary/aromatic N) is 4. The Morgan fingerprint density at radius 3 is 2.95 bits per heavy atom. The average Bonchev–Trinajstić information content (AvgIpc) is 2.84. The zero-order chi connectivity index (χ0) is 12.7. The van der Waals surface area contributed by atoms with Gasteiger partial charge in [-0.15, -0.1) is 0 Å². The number of ether oxygens (including phenoxy) is 1. The van der Waals surface area contributed by atoms with E-state index in [0.717, 1.165) is 13.0 Å². The second kappa shape index (κ2) is 4.16. The van der Waals surface area contributed by atoms with E-state index in [2.05, 4.69) is 20.0 Å². The van der Waals surface area contributed by atoms with E-state index in [4.69, 9.17) is 9.57 Å². The van der Waals surface area contributed by atoms with Gasteiger partial charge >= 0.3 is 0 Å². The number of hydrogen-bond donors (Lipinski definition) is 0. The normalized spacial score (nSPS) is 36.1. The van der Waals surface area contributed by atoms with Crippen molar-refractivity contribution in [3.05, 3.63) is 18.6 Å². The van der Waals surface area contributed by atoms with Crippen molar-refractivity contribution >= 4 is 5.90 Å². The summed E-state index contributed by atoms with van der Waals surface area (Å²) in [4.78, 5) is 16.1. The Morgan fingerprint density at radius 2 is 2.26 bits per heavy atom. The molecular weight excluding hydrogens is 244 g/mol. The van der Waals surface area contributed by atoms with Crippen LogP contribution in [0.5, 0.6) is 5.88 Å². The Morgan fingerprint density at radius 1 is 1.37 bits per heavy atom. The van der Waals surface area contributed by atoms with Crippen LogP contribution in [0.15, 0.2) is 23.7 Å². The van der Waals surface area contributed by atoms with Gasteiger partial charge in [-0.3, -0.25) is 4.90 Å². The highest BCUT2D eigenvalue weighted by atomic mass is 16.7. The minimum atomic E-state index is -0.154. The van der Waals surface area contributed by atoms with Gasteiger partial charge < -0.3 is 9.57 Å². The lowest BCUT2D eigenvalue weighted by atomic mass is 9.74. The molecule has 6 heteroatoms. The van der Waals surface area contributed by atoms with E-state index in [1.54, 1.807) is 12.3 Å². The van der Waals surface area contributed by atoms with Gasteiger partial charge in [-0.1, -0.05) is 5.16 Å². The third-order valence-electron chi connectivity index (χ3n) is 4.38. The molecule has 5 heterocycles. The fraction of sp³-hybridized carbons (Fsp3) is 0.615. The largest absolute Gasteiger partial charge is 0.421 e. The second-order valence-corrected chi connectivity index (χ2v) is 5.52. The molecule has 1 aromatic heterocycles. The number of hydrogen-bond acceptors (Lipinski definition) is 6. The molecule has 4 aliphatic heterocycles. The highest BCUT2D eigenvalue weighted by Gasteiger charge is 2.53. The second-order valence-electron chi connectivity index (χ2n) is 5.52. The van der Waals surface area contributed by atoms with Crippen molar-refractivity contribution in [2.45, 2.75) is 24.9 Å². The molecule has 1 aromatic rings. The van der Waals surface area contributed by atoms with Crippen LogP contribution in [-0.2, 0) is 4.84 Å². The molecule has 5 rings (SSSR count). The topological polar surface area (TPSA) is 59.8 Å². The van der Waals surface area contributed by atoms with Gasteiger partial charge in [0.1, 0.15) is 6.33 Å². The molecule has 0 amide bonds. The lowest BCUT2D eigenvalue weighted by molar-refractivity contribution is -0.136. The third kappa shape index (κ3) is 1.87. The molecule has 3 fully saturated rings. The molecule has 19 heavy (non-hydrogen) atoms. The molecule has 100 valence electrons. The van der Waals surface area contributed by atoms with Gasteiger partial charge in [-0.05, 0) is 25.9 Å². The van der Waals surface area contributed by atoms with Gasteiger partial charge in [0, 0.05) is 24.7 Å². The van der Waals surface area contributed by atoms with E-state index >= 15 is 0 Å². The number of aromatic nitrogens is 2. The maximum Gasteiger partial charge on any atom is 0.237 e. The summed E-state index contributed by atoms with van der Waals surface area (Å²) in [6, 6.07) is 1.73. The molecule has 1 spiro atoms. The number of rotatable bonds is 1. The van der Waals surface area contributed by atoms with Crippen molar-refractivity contribution in [2.75, 3.05) is 19.6 Å². The van der Waals surface area contributed by atoms with Crippen LogP contribution in [0.4, 0.5) is 0 Å². The first-order valence-electron chi connectivity index (χ1n) is 6.75. The molecule has 0 radical (unpaired) electrons. The molecule has 1 atom stereocenters. The third-order valence-corrected chi connectivity index (χ3v) is 4.38. The summed E-state index contributed by atoms with van der Waals surface area (Å²) in [5.74, 6) is 1.76. The first-order chi connectivity index (χ1) is 9.34. The highest BCUT2D eigenvalue weighted by Crippen LogP contribution is 2.43. The van der Waals surface area contributed by atoms with E-state index in [0.29, 0.717) is 17.7 Å². The standard InChI is InChI=1S/C13H16N4O2/c1-4-14-9-15-11(1)18-12-7-13(19-16-12)8-17-5-2-10(13)3-6-17/h1,4,9-10H,2-3,5-8H2. The average molecular weight is 260 g/mol. The molecule has 0 saturated carbocycles. The summed E-state index contributed by atoms with van der Waals surface area (Å²) in [6.45, 7) is 3.35. The predicted octanol–water partition coefficient (Wildman–Crippen LogP) is 1.05. The number of fused-ring (bicyclic) bond motifs is 2. The van der Waals surface area contributed by atoms with E-state index in [-0.39, 0.29) is 5.60 Å². The van der Waals surface area contributed by atoms with Crippen LogP contribution in [0, 0.1) is 5.92 Å². The number of piperidine rings is 3. The summed E-state index contributed by atoms with van der Waals surface area (Å²) in [5, 5.41) is 4.13. The summed E-state index contributed by atoms with van der Waals surface area (Å²) < 4.78 is 5.67. The van der Waals surface area contributed by atoms with Gasteiger partial charge in [-0.2, -0.15) is 0 Å². The molecule has 1 unspecified atom stereocenters. The molecule has 0 N–H and O–H groups in total. The SMILES string of the molecule is c1cc(OC2=NOC3(C2)CN2CCC3CC2)ncn1. The van der Waals surface area contributed by atoms with Gasteiger partial charge in [0.05, 0.1) is 6.42 Å². The molecule has 2 bridgehead atoms. The van der Waals surface area contributed by atoms with Crippen LogP contribution in [0.3, 0.4) is 0 Å². The first-order valence-corrected chi connectivity index (χ1v) is 6.75. The quantitative estimate of drug-likeness (QED) is 0.755.